The number of nitrogens with zero attached hydrogens (tertiary/aromatic N) is 1. The van der Waals surface area contributed by atoms with Gasteiger partial charge in [-0.2, -0.15) is 0 Å². The zero-order valence-electron chi connectivity index (χ0n) is 16.2. The average Bonchev–Trinajstić information content (AvgIpc) is 2.81. The maximum absolute atomic E-state index is 12.6. The van der Waals surface area contributed by atoms with Gasteiger partial charge in [0.2, 0.25) is 0 Å². The molecule has 148 valence electrons. The van der Waals surface area contributed by atoms with Crippen LogP contribution in [0.15, 0.2) is 114 Å². The summed E-state index contributed by atoms with van der Waals surface area (Å²) >= 11 is 3.36. The van der Waals surface area contributed by atoms with E-state index in [2.05, 4.69) is 20.8 Å². The fourth-order valence-electron chi connectivity index (χ4n) is 3.33. The molecule has 0 aromatic heterocycles. The predicted molar refractivity (Wildman–Crippen MR) is 125 cm³/mol. The van der Waals surface area contributed by atoms with Gasteiger partial charge < -0.3 is 10.0 Å². The first-order chi connectivity index (χ1) is 14.6. The Morgan fingerprint density at radius 3 is 1.63 bits per heavy atom. The van der Waals surface area contributed by atoms with E-state index in [1.807, 2.05) is 72.8 Å². The van der Waals surface area contributed by atoms with Crippen LogP contribution in [0.1, 0.15) is 22.0 Å². The number of aliphatic hydroxyl groups excluding tert-OH is 1. The summed E-state index contributed by atoms with van der Waals surface area (Å²) < 4.78 is 0.889. The third-order valence-corrected chi connectivity index (χ3v) is 5.40. The summed E-state index contributed by atoms with van der Waals surface area (Å²) in [6.07, 6.45) is -1.21. The number of aliphatic hydroxyl groups is 1. The number of rotatable bonds is 6. The number of carbonyl (C=O) groups is 1. The van der Waals surface area contributed by atoms with E-state index in [-0.39, 0.29) is 5.78 Å². The van der Waals surface area contributed by atoms with Crippen molar-refractivity contribution in [2.75, 3.05) is 4.90 Å². The number of Topliss-reactive ketones (excluding diaryl/α,β-unsaturated/α-hetero) is 1. The molecule has 0 aliphatic heterocycles. The lowest BCUT2D eigenvalue weighted by atomic mass is 9.99. The standard InChI is InChI=1S/C26H20BrNO2/c27-21-15-11-19(12-16-21)25(29)26(30)20-13-17-24(18-14-20)28(22-7-3-1-4-8-22)23-9-5-2-6-10-23/h1-18,26,30H. The van der Waals surface area contributed by atoms with Crippen molar-refractivity contribution in [3.8, 4) is 0 Å². The Morgan fingerprint density at radius 1 is 0.667 bits per heavy atom. The normalized spacial score (nSPS) is 11.7. The number of hydrogen-bond acceptors (Lipinski definition) is 3. The fourth-order valence-corrected chi connectivity index (χ4v) is 3.59. The first kappa shape index (κ1) is 20.1. The number of ketones is 1. The lowest BCUT2D eigenvalue weighted by Gasteiger charge is -2.25. The summed E-state index contributed by atoms with van der Waals surface area (Å²) in [6, 6.07) is 34.6. The molecule has 4 rings (SSSR count). The second-order valence-electron chi connectivity index (χ2n) is 6.87. The monoisotopic (exact) mass is 457 g/mol. The molecule has 4 aromatic carbocycles. The van der Waals surface area contributed by atoms with E-state index in [4.69, 9.17) is 0 Å². The van der Waals surface area contributed by atoms with Crippen LogP contribution in [0.5, 0.6) is 0 Å². The molecule has 0 saturated heterocycles. The van der Waals surface area contributed by atoms with E-state index >= 15 is 0 Å². The zero-order chi connectivity index (χ0) is 20.9. The Balaban J connectivity index is 1.64. The number of para-hydroxylation sites is 2. The van der Waals surface area contributed by atoms with Crippen LogP contribution in [0.2, 0.25) is 0 Å². The largest absolute Gasteiger partial charge is 0.380 e. The van der Waals surface area contributed by atoms with Gasteiger partial charge in [0.25, 0.3) is 0 Å². The van der Waals surface area contributed by atoms with Crippen LogP contribution in [0.25, 0.3) is 0 Å². The topological polar surface area (TPSA) is 40.5 Å². The molecule has 3 nitrogen and oxygen atoms in total. The summed E-state index contributed by atoms with van der Waals surface area (Å²) in [5, 5.41) is 10.6. The third kappa shape index (κ3) is 4.35. The van der Waals surface area contributed by atoms with Gasteiger partial charge >= 0.3 is 0 Å². The third-order valence-electron chi connectivity index (χ3n) is 4.87. The van der Waals surface area contributed by atoms with Gasteiger partial charge in [-0.3, -0.25) is 4.79 Å². The van der Waals surface area contributed by atoms with Crippen LogP contribution < -0.4 is 4.90 Å². The fraction of sp³-hybridized carbons (Fsp3) is 0.0385. The molecule has 1 unspecified atom stereocenters. The molecule has 4 aromatic rings. The van der Waals surface area contributed by atoms with Gasteiger partial charge in [0.05, 0.1) is 0 Å². The van der Waals surface area contributed by atoms with Crippen molar-refractivity contribution in [2.24, 2.45) is 0 Å². The van der Waals surface area contributed by atoms with Crippen molar-refractivity contribution in [2.45, 2.75) is 6.10 Å². The zero-order valence-corrected chi connectivity index (χ0v) is 17.7. The molecule has 1 N–H and O–H groups in total. The minimum Gasteiger partial charge on any atom is -0.380 e. The molecular weight excluding hydrogens is 438 g/mol. The molecule has 1 atom stereocenters. The Bertz CT molecular complexity index is 1070. The van der Waals surface area contributed by atoms with Crippen LogP contribution in [0, 0.1) is 0 Å². The molecule has 0 aliphatic carbocycles. The number of carbonyl (C=O) groups excluding carboxylic acids is 1. The molecule has 0 spiro atoms. The maximum atomic E-state index is 12.6. The van der Waals surface area contributed by atoms with Crippen LogP contribution in [0.3, 0.4) is 0 Å². The van der Waals surface area contributed by atoms with Gasteiger partial charge in [-0.15, -0.1) is 0 Å². The highest BCUT2D eigenvalue weighted by atomic mass is 79.9. The van der Waals surface area contributed by atoms with Gasteiger partial charge in [-0.05, 0) is 54.1 Å². The first-order valence-electron chi connectivity index (χ1n) is 9.61. The van der Waals surface area contributed by atoms with Crippen LogP contribution >= 0.6 is 15.9 Å². The van der Waals surface area contributed by atoms with Crippen molar-refractivity contribution in [3.63, 3.8) is 0 Å². The summed E-state index contributed by atoms with van der Waals surface area (Å²) in [5.74, 6) is -0.321. The lowest BCUT2D eigenvalue weighted by molar-refractivity contribution is 0.0747. The van der Waals surface area contributed by atoms with Crippen LogP contribution in [-0.2, 0) is 0 Å². The van der Waals surface area contributed by atoms with Gasteiger partial charge in [0, 0.05) is 27.1 Å². The van der Waals surface area contributed by atoms with E-state index in [1.54, 1.807) is 36.4 Å². The summed E-state index contributed by atoms with van der Waals surface area (Å²) in [7, 11) is 0. The Morgan fingerprint density at radius 2 is 1.13 bits per heavy atom. The smallest absolute Gasteiger partial charge is 0.195 e. The Kier molecular flexibility index (Phi) is 6.07. The second-order valence-corrected chi connectivity index (χ2v) is 7.79. The Hall–Kier alpha value is -3.21. The van der Waals surface area contributed by atoms with E-state index in [0.717, 1.165) is 21.5 Å². The van der Waals surface area contributed by atoms with Crippen LogP contribution in [0.4, 0.5) is 17.1 Å². The molecule has 0 saturated carbocycles. The molecule has 0 fully saturated rings. The summed E-state index contributed by atoms with van der Waals surface area (Å²) in [6.45, 7) is 0. The molecule has 4 heteroatoms. The SMILES string of the molecule is O=C(c1ccc(Br)cc1)C(O)c1ccc(N(c2ccccc2)c2ccccc2)cc1. The summed E-state index contributed by atoms with van der Waals surface area (Å²) in [5.41, 5.74) is 4.04. The number of hydrogen-bond donors (Lipinski definition) is 1. The molecule has 0 bridgehead atoms. The summed E-state index contributed by atoms with van der Waals surface area (Å²) in [4.78, 5) is 14.8. The lowest BCUT2D eigenvalue weighted by Crippen LogP contribution is -2.13. The highest BCUT2D eigenvalue weighted by molar-refractivity contribution is 9.10. The molecule has 30 heavy (non-hydrogen) atoms. The molecular formula is C26H20BrNO2. The average molecular weight is 458 g/mol. The molecule has 0 radical (unpaired) electrons. The quantitative estimate of drug-likeness (QED) is 0.322. The minimum atomic E-state index is -1.21. The van der Waals surface area contributed by atoms with Crippen molar-refractivity contribution < 1.29 is 9.90 Å². The van der Waals surface area contributed by atoms with Gasteiger partial charge in [0.1, 0.15) is 6.10 Å². The number of anilines is 3. The van der Waals surface area contributed by atoms with E-state index in [0.29, 0.717) is 11.1 Å². The molecule has 0 heterocycles. The van der Waals surface area contributed by atoms with E-state index < -0.39 is 6.10 Å². The van der Waals surface area contributed by atoms with Crippen molar-refractivity contribution in [3.05, 3.63) is 125 Å². The van der Waals surface area contributed by atoms with E-state index in [9.17, 15) is 9.90 Å². The first-order valence-corrected chi connectivity index (χ1v) is 10.4. The van der Waals surface area contributed by atoms with Crippen molar-refractivity contribution >= 4 is 38.8 Å². The van der Waals surface area contributed by atoms with Gasteiger partial charge in [-0.25, -0.2) is 0 Å². The molecule has 0 aliphatic rings. The van der Waals surface area contributed by atoms with Gasteiger partial charge in [0.15, 0.2) is 5.78 Å². The van der Waals surface area contributed by atoms with E-state index in [1.165, 1.54) is 0 Å². The molecule has 0 amide bonds. The Labute approximate surface area is 184 Å². The number of halogens is 1. The maximum Gasteiger partial charge on any atom is 0.195 e. The van der Waals surface area contributed by atoms with Crippen molar-refractivity contribution in [1.29, 1.82) is 0 Å². The highest BCUT2D eigenvalue weighted by Gasteiger charge is 2.20. The highest BCUT2D eigenvalue weighted by Crippen LogP contribution is 2.34. The van der Waals surface area contributed by atoms with Crippen molar-refractivity contribution in [1.82, 2.24) is 0 Å². The van der Waals surface area contributed by atoms with Crippen LogP contribution in [-0.4, -0.2) is 10.9 Å². The predicted octanol–water partition coefficient (Wildman–Crippen LogP) is 6.84. The second kappa shape index (κ2) is 9.08. The van der Waals surface area contributed by atoms with Gasteiger partial charge in [-0.1, -0.05) is 76.6 Å². The number of benzene rings is 4. The minimum absolute atomic E-state index is 0.321.